The molecule has 148 valence electrons. The van der Waals surface area contributed by atoms with E-state index in [2.05, 4.69) is 26.8 Å². The predicted molar refractivity (Wildman–Crippen MR) is 116 cm³/mol. The maximum atomic E-state index is 12.3. The Morgan fingerprint density at radius 2 is 1.76 bits per heavy atom. The Morgan fingerprint density at radius 1 is 1.07 bits per heavy atom. The maximum Gasteiger partial charge on any atom is 0.336 e. The van der Waals surface area contributed by atoms with Crippen molar-refractivity contribution in [2.45, 2.75) is 33.6 Å². The lowest BCUT2D eigenvalue weighted by Crippen LogP contribution is -2.28. The molecule has 1 aliphatic carbocycles. The first-order valence-electron chi connectivity index (χ1n) is 9.89. The third kappa shape index (κ3) is 3.63. The lowest BCUT2D eigenvalue weighted by Gasteiger charge is -2.36. The van der Waals surface area contributed by atoms with E-state index in [0.717, 1.165) is 28.8 Å². The van der Waals surface area contributed by atoms with Crippen molar-refractivity contribution in [1.82, 2.24) is 4.98 Å². The number of benzene rings is 2. The number of rotatable bonds is 2. The van der Waals surface area contributed by atoms with Crippen LogP contribution in [0.5, 0.6) is 5.75 Å². The number of pyridine rings is 1. The van der Waals surface area contributed by atoms with Gasteiger partial charge in [-0.05, 0) is 65.1 Å². The minimum absolute atomic E-state index is 0.0349. The molecule has 1 aliphatic rings. The monoisotopic (exact) mass is 387 g/mol. The molecule has 0 amide bonds. The number of para-hydroxylation sites is 1. The van der Waals surface area contributed by atoms with Gasteiger partial charge in [-0.1, -0.05) is 51.1 Å². The highest BCUT2D eigenvalue weighted by atomic mass is 16.4. The molecule has 0 saturated carbocycles. The van der Waals surface area contributed by atoms with Gasteiger partial charge in [0.15, 0.2) is 0 Å². The van der Waals surface area contributed by atoms with Crippen LogP contribution in [0.15, 0.2) is 48.5 Å². The van der Waals surface area contributed by atoms with Crippen molar-refractivity contribution in [2.75, 3.05) is 0 Å². The van der Waals surface area contributed by atoms with Crippen LogP contribution in [0.25, 0.3) is 22.6 Å². The first kappa shape index (κ1) is 19.2. The number of allylic oxidation sites excluding steroid dienone is 1. The minimum Gasteiger partial charge on any atom is -0.508 e. The van der Waals surface area contributed by atoms with Gasteiger partial charge in [-0.3, -0.25) is 0 Å². The molecule has 0 bridgehead atoms. The summed E-state index contributed by atoms with van der Waals surface area (Å²) in [5.41, 5.74) is 4.73. The predicted octanol–water partition coefficient (Wildman–Crippen LogP) is 5.79. The molecule has 4 nitrogen and oxygen atoms in total. The van der Waals surface area contributed by atoms with Crippen LogP contribution in [0.4, 0.5) is 0 Å². The Morgan fingerprint density at radius 3 is 2.41 bits per heavy atom. The van der Waals surface area contributed by atoms with Gasteiger partial charge in [0.2, 0.25) is 0 Å². The van der Waals surface area contributed by atoms with Crippen LogP contribution >= 0.6 is 0 Å². The second kappa shape index (κ2) is 7.03. The van der Waals surface area contributed by atoms with Crippen LogP contribution in [-0.4, -0.2) is 21.2 Å². The molecule has 0 spiro atoms. The van der Waals surface area contributed by atoms with Gasteiger partial charge in [-0.25, -0.2) is 9.78 Å². The number of phenols is 1. The van der Waals surface area contributed by atoms with E-state index in [1.807, 2.05) is 36.4 Å². The zero-order valence-electron chi connectivity index (χ0n) is 16.9. The van der Waals surface area contributed by atoms with E-state index in [0.29, 0.717) is 28.8 Å². The summed E-state index contributed by atoms with van der Waals surface area (Å²) in [5.74, 6) is -0.376. The topological polar surface area (TPSA) is 70.4 Å². The van der Waals surface area contributed by atoms with Crippen LogP contribution < -0.4 is 0 Å². The Balaban J connectivity index is 1.99. The fourth-order valence-electron chi connectivity index (χ4n) is 4.15. The summed E-state index contributed by atoms with van der Waals surface area (Å²) in [7, 11) is 0. The van der Waals surface area contributed by atoms with E-state index in [9.17, 15) is 15.0 Å². The Kier molecular flexibility index (Phi) is 4.65. The van der Waals surface area contributed by atoms with Gasteiger partial charge < -0.3 is 10.2 Å². The molecule has 0 unspecified atom stereocenters. The number of aromatic carboxylic acids is 1. The third-order valence-electron chi connectivity index (χ3n) is 5.89. The number of carbonyl (C=O) groups is 1. The summed E-state index contributed by atoms with van der Waals surface area (Å²) < 4.78 is 0. The summed E-state index contributed by atoms with van der Waals surface area (Å²) in [5, 5.41) is 20.3. The fourth-order valence-corrected chi connectivity index (χ4v) is 4.15. The standard InChI is InChI=1S/C25H25NO3/c1-25(2,3)17-13-16(12-15-8-10-18(27)11-9-15)23-20(14-17)22(24(28)29)19-6-4-5-7-21(19)26-23/h4-12,17,27H,13-14H2,1-3H3,(H,28,29)/b16-12+/t17-/m1/s1. The number of fused-ring (bicyclic) bond motifs is 2. The van der Waals surface area contributed by atoms with Gasteiger partial charge in [0, 0.05) is 5.39 Å². The van der Waals surface area contributed by atoms with E-state index in [4.69, 9.17) is 4.98 Å². The molecule has 0 fully saturated rings. The van der Waals surface area contributed by atoms with Crippen molar-refractivity contribution in [1.29, 1.82) is 0 Å². The Hall–Kier alpha value is -3.14. The van der Waals surface area contributed by atoms with Crippen LogP contribution in [-0.2, 0) is 6.42 Å². The molecule has 2 aromatic carbocycles. The highest BCUT2D eigenvalue weighted by Gasteiger charge is 2.35. The van der Waals surface area contributed by atoms with Gasteiger partial charge >= 0.3 is 5.97 Å². The number of nitrogens with zero attached hydrogens (tertiary/aromatic N) is 1. The van der Waals surface area contributed by atoms with Crippen molar-refractivity contribution >= 4 is 28.5 Å². The highest BCUT2D eigenvalue weighted by Crippen LogP contribution is 2.44. The number of hydrogen-bond donors (Lipinski definition) is 2. The quantitative estimate of drug-likeness (QED) is 0.584. The second-order valence-corrected chi connectivity index (χ2v) is 8.87. The molecule has 0 saturated heterocycles. The number of carboxylic acid groups (broad SMARTS) is 1. The average molecular weight is 387 g/mol. The number of carboxylic acids is 1. The lowest BCUT2D eigenvalue weighted by molar-refractivity contribution is 0.0696. The molecule has 4 rings (SSSR count). The molecular formula is C25H25NO3. The largest absolute Gasteiger partial charge is 0.508 e. The summed E-state index contributed by atoms with van der Waals surface area (Å²) >= 11 is 0. The van der Waals surface area contributed by atoms with E-state index in [-0.39, 0.29) is 11.2 Å². The van der Waals surface area contributed by atoms with Crippen molar-refractivity contribution in [2.24, 2.45) is 11.3 Å². The van der Waals surface area contributed by atoms with Crippen molar-refractivity contribution in [3.8, 4) is 5.75 Å². The van der Waals surface area contributed by atoms with Crippen molar-refractivity contribution in [3.05, 3.63) is 70.9 Å². The smallest absolute Gasteiger partial charge is 0.336 e. The average Bonchev–Trinajstić information content (AvgIpc) is 2.67. The van der Waals surface area contributed by atoms with Crippen LogP contribution in [0.3, 0.4) is 0 Å². The fraction of sp³-hybridized carbons (Fsp3) is 0.280. The molecule has 2 N–H and O–H groups in total. The molecule has 4 heteroatoms. The van der Waals surface area contributed by atoms with E-state index in [1.165, 1.54) is 0 Å². The highest BCUT2D eigenvalue weighted by molar-refractivity contribution is 6.06. The number of aromatic hydroxyl groups is 1. The van der Waals surface area contributed by atoms with Gasteiger partial charge in [0.1, 0.15) is 5.75 Å². The third-order valence-corrected chi connectivity index (χ3v) is 5.89. The summed E-state index contributed by atoms with van der Waals surface area (Å²) in [6.45, 7) is 6.61. The minimum atomic E-state index is -0.904. The van der Waals surface area contributed by atoms with E-state index >= 15 is 0 Å². The molecule has 0 aliphatic heterocycles. The SMILES string of the molecule is CC(C)(C)[C@@H]1C/C(=C\c2ccc(O)cc2)c2nc3ccccc3c(C(=O)O)c2C1. The summed E-state index contributed by atoms with van der Waals surface area (Å²) in [6.07, 6.45) is 3.61. The molecular weight excluding hydrogens is 362 g/mol. The Labute approximate surface area is 170 Å². The number of hydrogen-bond acceptors (Lipinski definition) is 3. The van der Waals surface area contributed by atoms with Gasteiger partial charge in [0.05, 0.1) is 16.8 Å². The van der Waals surface area contributed by atoms with Gasteiger partial charge in [-0.2, -0.15) is 0 Å². The summed E-state index contributed by atoms with van der Waals surface area (Å²) in [4.78, 5) is 17.2. The van der Waals surface area contributed by atoms with Crippen molar-refractivity contribution in [3.63, 3.8) is 0 Å². The van der Waals surface area contributed by atoms with Crippen LogP contribution in [0, 0.1) is 11.3 Å². The zero-order chi connectivity index (χ0) is 20.8. The normalized spacial score (nSPS) is 18.0. The molecule has 3 aromatic rings. The van der Waals surface area contributed by atoms with E-state index in [1.54, 1.807) is 12.1 Å². The number of phenolic OH excluding ortho intramolecular Hbond substituents is 1. The molecule has 1 atom stereocenters. The van der Waals surface area contributed by atoms with Gasteiger partial charge in [0.25, 0.3) is 0 Å². The van der Waals surface area contributed by atoms with Gasteiger partial charge in [-0.15, -0.1) is 0 Å². The lowest BCUT2D eigenvalue weighted by atomic mass is 9.69. The second-order valence-electron chi connectivity index (χ2n) is 8.87. The van der Waals surface area contributed by atoms with Crippen LogP contribution in [0.1, 0.15) is 54.4 Å². The van der Waals surface area contributed by atoms with Crippen LogP contribution in [0.2, 0.25) is 0 Å². The molecule has 29 heavy (non-hydrogen) atoms. The molecule has 1 aromatic heterocycles. The van der Waals surface area contributed by atoms with E-state index < -0.39 is 5.97 Å². The Bertz CT molecular complexity index is 1120. The first-order valence-corrected chi connectivity index (χ1v) is 9.89. The zero-order valence-corrected chi connectivity index (χ0v) is 16.9. The molecule has 1 heterocycles. The number of aromatic nitrogens is 1. The summed E-state index contributed by atoms with van der Waals surface area (Å²) in [6, 6.07) is 14.5. The van der Waals surface area contributed by atoms with Crippen molar-refractivity contribution < 1.29 is 15.0 Å². The first-order chi connectivity index (χ1) is 13.7. The molecule has 0 radical (unpaired) electrons. The maximum absolute atomic E-state index is 12.3.